The first-order valence-corrected chi connectivity index (χ1v) is 7.88. The van der Waals surface area contributed by atoms with E-state index < -0.39 is 0 Å². The van der Waals surface area contributed by atoms with E-state index in [2.05, 4.69) is 25.2 Å². The van der Waals surface area contributed by atoms with Crippen molar-refractivity contribution in [2.24, 2.45) is 0 Å². The minimum atomic E-state index is -0.207. The third kappa shape index (κ3) is 2.42. The molecular formula is C17H16N6O. The Hall–Kier alpha value is -3.14. The van der Waals surface area contributed by atoms with Crippen LogP contribution in [-0.4, -0.2) is 40.0 Å². The molecule has 0 bridgehead atoms. The smallest absolute Gasteiger partial charge is 0.234 e. The third-order valence-electron chi connectivity index (χ3n) is 4.40. The van der Waals surface area contributed by atoms with E-state index in [0.29, 0.717) is 0 Å². The lowest BCUT2D eigenvalue weighted by Crippen LogP contribution is -2.36. The average molecular weight is 320 g/mol. The monoisotopic (exact) mass is 320 g/mol. The lowest BCUT2D eigenvalue weighted by molar-refractivity contribution is -0.120. The highest BCUT2D eigenvalue weighted by Crippen LogP contribution is 2.32. The number of hydrogen-bond donors (Lipinski definition) is 2. The number of aromatic nitrogens is 3. The molecule has 3 aromatic rings. The zero-order valence-electron chi connectivity index (χ0n) is 13.0. The summed E-state index contributed by atoms with van der Waals surface area (Å²) in [5.41, 5.74) is 2.80. The lowest BCUT2D eigenvalue weighted by Gasteiger charge is -2.21. The first kappa shape index (κ1) is 14.5. The van der Waals surface area contributed by atoms with Crippen LogP contribution in [0.25, 0.3) is 21.9 Å². The van der Waals surface area contributed by atoms with Gasteiger partial charge < -0.3 is 15.2 Å². The summed E-state index contributed by atoms with van der Waals surface area (Å²) in [6, 6.07) is 5.97. The zero-order chi connectivity index (χ0) is 16.5. The number of amides is 1. The molecule has 0 spiro atoms. The molecule has 0 radical (unpaired) electrons. The molecule has 3 aromatic heterocycles. The number of nitrogens with zero attached hydrogens (tertiary/aromatic N) is 4. The number of nitrogens with one attached hydrogen (secondary N) is 2. The maximum absolute atomic E-state index is 11.6. The van der Waals surface area contributed by atoms with Gasteiger partial charge in [0.2, 0.25) is 5.91 Å². The molecule has 1 fully saturated rings. The Labute approximate surface area is 138 Å². The van der Waals surface area contributed by atoms with Gasteiger partial charge in [0.25, 0.3) is 0 Å². The van der Waals surface area contributed by atoms with Gasteiger partial charge in [-0.2, -0.15) is 5.26 Å². The van der Waals surface area contributed by atoms with Crippen LogP contribution < -0.4 is 10.2 Å². The van der Waals surface area contributed by atoms with Crippen LogP contribution in [0.4, 0.5) is 5.69 Å². The van der Waals surface area contributed by atoms with Crippen LogP contribution in [0.15, 0.2) is 30.7 Å². The lowest BCUT2D eigenvalue weighted by atomic mass is 10.1. The minimum Gasteiger partial charge on any atom is -0.369 e. The van der Waals surface area contributed by atoms with Gasteiger partial charge in [0.15, 0.2) is 0 Å². The highest BCUT2D eigenvalue weighted by molar-refractivity contribution is 6.10. The maximum atomic E-state index is 11.6. The summed E-state index contributed by atoms with van der Waals surface area (Å²) in [4.78, 5) is 25.8. The number of carbonyl (C=O) groups excluding carboxylic acids is 1. The van der Waals surface area contributed by atoms with E-state index in [1.54, 1.807) is 12.4 Å². The van der Waals surface area contributed by atoms with E-state index in [4.69, 9.17) is 5.26 Å². The Kier molecular flexibility index (Phi) is 3.50. The summed E-state index contributed by atoms with van der Waals surface area (Å²) in [5.74, 6) is -0.207. The van der Waals surface area contributed by atoms with Crippen molar-refractivity contribution in [1.82, 2.24) is 20.3 Å². The fourth-order valence-electron chi connectivity index (χ4n) is 3.35. The second-order valence-corrected chi connectivity index (χ2v) is 5.92. The van der Waals surface area contributed by atoms with Gasteiger partial charge in [0, 0.05) is 48.0 Å². The molecule has 0 saturated carbocycles. The van der Waals surface area contributed by atoms with Crippen LogP contribution in [0.5, 0.6) is 0 Å². The maximum Gasteiger partial charge on any atom is 0.234 e. The van der Waals surface area contributed by atoms with Crippen LogP contribution in [-0.2, 0) is 4.79 Å². The molecule has 1 atom stereocenters. The highest BCUT2D eigenvalue weighted by atomic mass is 16.1. The van der Waals surface area contributed by atoms with Crippen molar-refractivity contribution < 1.29 is 4.79 Å². The second kappa shape index (κ2) is 5.81. The summed E-state index contributed by atoms with van der Waals surface area (Å²) in [6.07, 6.45) is 6.22. The number of pyridine rings is 2. The molecule has 7 heteroatoms. The second-order valence-electron chi connectivity index (χ2n) is 5.92. The molecule has 120 valence electrons. The van der Waals surface area contributed by atoms with Gasteiger partial charge in [0.05, 0.1) is 17.8 Å². The topological polar surface area (TPSA) is 97.7 Å². The van der Waals surface area contributed by atoms with Gasteiger partial charge in [0.1, 0.15) is 12.1 Å². The van der Waals surface area contributed by atoms with Crippen LogP contribution >= 0.6 is 0 Å². The fraction of sp³-hybridized carbons (Fsp3) is 0.294. The predicted octanol–water partition coefficient (Wildman–Crippen LogP) is 1.72. The van der Waals surface area contributed by atoms with Gasteiger partial charge in [-0.1, -0.05) is 0 Å². The number of fused-ring (bicyclic) bond motifs is 3. The minimum absolute atomic E-state index is 0.0672. The van der Waals surface area contributed by atoms with Gasteiger partial charge >= 0.3 is 0 Å². The summed E-state index contributed by atoms with van der Waals surface area (Å²) in [7, 11) is 0. The van der Waals surface area contributed by atoms with E-state index in [-0.39, 0.29) is 18.4 Å². The van der Waals surface area contributed by atoms with Gasteiger partial charge in [-0.15, -0.1) is 0 Å². The molecule has 1 unspecified atom stereocenters. The van der Waals surface area contributed by atoms with E-state index in [1.165, 1.54) is 0 Å². The number of hydrogen-bond acceptors (Lipinski definition) is 5. The Morgan fingerprint density at radius 1 is 1.46 bits per heavy atom. The molecule has 0 aliphatic carbocycles. The van der Waals surface area contributed by atoms with Crippen molar-refractivity contribution in [1.29, 1.82) is 5.26 Å². The number of nitriles is 1. The largest absolute Gasteiger partial charge is 0.369 e. The first-order chi connectivity index (χ1) is 11.8. The van der Waals surface area contributed by atoms with Crippen molar-refractivity contribution in [2.45, 2.75) is 18.9 Å². The van der Waals surface area contributed by atoms with Gasteiger partial charge in [-0.05, 0) is 18.6 Å². The highest BCUT2D eigenvalue weighted by Gasteiger charge is 2.25. The quantitative estimate of drug-likeness (QED) is 0.766. The van der Waals surface area contributed by atoms with Crippen molar-refractivity contribution >= 4 is 33.5 Å². The molecule has 1 aliphatic rings. The summed E-state index contributed by atoms with van der Waals surface area (Å²) < 4.78 is 0. The summed E-state index contributed by atoms with van der Waals surface area (Å²) >= 11 is 0. The zero-order valence-corrected chi connectivity index (χ0v) is 13.0. The number of H-pyrrole nitrogens is 1. The summed E-state index contributed by atoms with van der Waals surface area (Å²) in [5, 5.41) is 13.6. The van der Waals surface area contributed by atoms with E-state index in [1.807, 2.05) is 24.4 Å². The Bertz CT molecular complexity index is 957. The number of rotatable bonds is 3. The normalized spacial score (nSPS) is 17.3. The molecule has 0 aromatic carbocycles. The van der Waals surface area contributed by atoms with Crippen LogP contribution in [0, 0.1) is 11.3 Å². The van der Waals surface area contributed by atoms with Gasteiger partial charge in [-0.25, -0.2) is 4.98 Å². The Morgan fingerprint density at radius 3 is 3.25 bits per heavy atom. The molecular weight excluding hydrogens is 304 g/mol. The molecule has 4 heterocycles. The average Bonchev–Trinajstić information content (AvgIpc) is 3.23. The molecule has 24 heavy (non-hydrogen) atoms. The van der Waals surface area contributed by atoms with Crippen molar-refractivity contribution in [3.05, 3.63) is 30.7 Å². The van der Waals surface area contributed by atoms with E-state index >= 15 is 0 Å². The molecule has 1 amide bonds. The summed E-state index contributed by atoms with van der Waals surface area (Å²) in [6.45, 7) is 1.58. The number of aromatic amines is 1. The molecule has 1 aliphatic heterocycles. The Balaban J connectivity index is 1.67. The van der Waals surface area contributed by atoms with E-state index in [0.717, 1.165) is 47.1 Å². The van der Waals surface area contributed by atoms with Crippen molar-refractivity contribution in [2.75, 3.05) is 18.0 Å². The van der Waals surface area contributed by atoms with E-state index in [9.17, 15) is 4.79 Å². The van der Waals surface area contributed by atoms with Crippen LogP contribution in [0.3, 0.4) is 0 Å². The molecule has 1 saturated heterocycles. The standard InChI is InChI=1S/C17H16N6O/c18-5-1-15(24)22-11-4-8-23(10-11)14-3-7-19-13-9-21-17-12(16(13)14)2-6-20-17/h2-3,6-7,9,11H,1,4,8,10H2,(H,20,21)(H,22,24). The van der Waals surface area contributed by atoms with Crippen LogP contribution in [0.1, 0.15) is 12.8 Å². The Morgan fingerprint density at radius 2 is 2.38 bits per heavy atom. The van der Waals surface area contributed by atoms with Crippen LogP contribution in [0.2, 0.25) is 0 Å². The van der Waals surface area contributed by atoms with Crippen molar-refractivity contribution in [3.63, 3.8) is 0 Å². The van der Waals surface area contributed by atoms with Crippen molar-refractivity contribution in [3.8, 4) is 6.07 Å². The fourth-order valence-corrected chi connectivity index (χ4v) is 3.35. The first-order valence-electron chi connectivity index (χ1n) is 7.88. The predicted molar refractivity (Wildman–Crippen MR) is 90.4 cm³/mol. The number of carbonyl (C=O) groups is 1. The number of anilines is 1. The van der Waals surface area contributed by atoms with Gasteiger partial charge in [-0.3, -0.25) is 9.78 Å². The molecule has 4 rings (SSSR count). The molecule has 2 N–H and O–H groups in total. The molecule has 7 nitrogen and oxygen atoms in total. The third-order valence-corrected chi connectivity index (χ3v) is 4.40. The SMILES string of the molecule is N#CCC(=O)NC1CCN(c2ccnc3cnc4[nH]ccc4c23)C1.